The molecule has 1 aliphatic rings. The van der Waals surface area contributed by atoms with E-state index in [2.05, 4.69) is 20.8 Å². The number of aliphatic hydroxyl groups is 1. The van der Waals surface area contributed by atoms with E-state index in [1.54, 1.807) is 6.07 Å². The van der Waals surface area contributed by atoms with Crippen LogP contribution < -0.4 is 0 Å². The maximum Gasteiger partial charge on any atom is 0.128 e. The van der Waals surface area contributed by atoms with Crippen LogP contribution in [0.25, 0.3) is 0 Å². The average molecular weight is 332 g/mol. The molecule has 1 aliphatic heterocycles. The molecule has 1 heterocycles. The monoisotopic (exact) mass is 331 g/mol. The Morgan fingerprint density at radius 3 is 2.95 bits per heavy atom. The Labute approximate surface area is 121 Å². The van der Waals surface area contributed by atoms with Crippen LogP contribution in [0.3, 0.4) is 0 Å². The lowest BCUT2D eigenvalue weighted by molar-refractivity contribution is -0.0977. The van der Waals surface area contributed by atoms with E-state index in [9.17, 15) is 9.50 Å². The fourth-order valence-corrected chi connectivity index (χ4v) is 2.78. The average Bonchev–Trinajstić information content (AvgIpc) is 2.42. The molecule has 1 aromatic carbocycles. The van der Waals surface area contributed by atoms with Crippen molar-refractivity contribution in [3.63, 3.8) is 0 Å². The first-order chi connectivity index (χ1) is 9.11. The minimum Gasteiger partial charge on any atom is -0.394 e. The van der Waals surface area contributed by atoms with Crippen LogP contribution in [0.4, 0.5) is 4.39 Å². The number of morpholine rings is 1. The van der Waals surface area contributed by atoms with Gasteiger partial charge in [-0.1, -0.05) is 28.9 Å². The normalized spacial score (nSPS) is 24.6. The molecular weight excluding hydrogens is 313 g/mol. The molecule has 0 bridgehead atoms. The van der Waals surface area contributed by atoms with Crippen molar-refractivity contribution in [2.45, 2.75) is 25.4 Å². The van der Waals surface area contributed by atoms with Crippen LogP contribution in [0.5, 0.6) is 0 Å². The number of halogens is 2. The van der Waals surface area contributed by atoms with Gasteiger partial charge >= 0.3 is 0 Å². The van der Waals surface area contributed by atoms with Crippen LogP contribution in [-0.2, 0) is 11.3 Å². The highest BCUT2D eigenvalue weighted by molar-refractivity contribution is 9.10. The van der Waals surface area contributed by atoms with Gasteiger partial charge in [0, 0.05) is 23.1 Å². The molecule has 1 atom stereocenters. The Bertz CT molecular complexity index is 437. The Morgan fingerprint density at radius 1 is 1.53 bits per heavy atom. The van der Waals surface area contributed by atoms with E-state index in [1.807, 2.05) is 13.0 Å². The van der Waals surface area contributed by atoms with Gasteiger partial charge in [0.15, 0.2) is 0 Å². The quantitative estimate of drug-likeness (QED) is 0.920. The molecule has 19 heavy (non-hydrogen) atoms. The standard InChI is InChI=1S/C14H19BrFNO2/c1-2-14(9-18)10-19-6-5-17(14)8-11-3-4-12(15)7-13(11)16/h3-4,7,18H,2,5-6,8-10H2,1H3. The predicted molar refractivity (Wildman–Crippen MR) is 75.4 cm³/mol. The summed E-state index contributed by atoms with van der Waals surface area (Å²) in [6.07, 6.45) is 0.779. The van der Waals surface area contributed by atoms with Crippen LogP contribution >= 0.6 is 15.9 Å². The minimum absolute atomic E-state index is 0.0294. The van der Waals surface area contributed by atoms with E-state index in [0.29, 0.717) is 31.9 Å². The van der Waals surface area contributed by atoms with Gasteiger partial charge < -0.3 is 9.84 Å². The molecule has 3 nitrogen and oxygen atoms in total. The van der Waals surface area contributed by atoms with Gasteiger partial charge in [-0.05, 0) is 18.6 Å². The Hall–Kier alpha value is -0.490. The third-order valence-electron chi connectivity index (χ3n) is 3.88. The van der Waals surface area contributed by atoms with Crippen LogP contribution in [-0.4, -0.2) is 41.9 Å². The van der Waals surface area contributed by atoms with Gasteiger partial charge in [-0.15, -0.1) is 0 Å². The zero-order valence-electron chi connectivity index (χ0n) is 11.0. The van der Waals surface area contributed by atoms with Crippen molar-refractivity contribution in [2.24, 2.45) is 0 Å². The summed E-state index contributed by atoms with van der Waals surface area (Å²) in [7, 11) is 0. The minimum atomic E-state index is -0.391. The van der Waals surface area contributed by atoms with Gasteiger partial charge in [-0.2, -0.15) is 0 Å². The lowest BCUT2D eigenvalue weighted by Crippen LogP contribution is -2.58. The first kappa shape index (κ1) is 14.9. The van der Waals surface area contributed by atoms with Crippen molar-refractivity contribution in [2.75, 3.05) is 26.4 Å². The molecule has 0 aliphatic carbocycles. The lowest BCUT2D eigenvalue weighted by atomic mass is 9.93. The molecular formula is C14H19BrFNO2. The Kier molecular flexibility index (Phi) is 4.95. The number of rotatable bonds is 4. The van der Waals surface area contributed by atoms with Gasteiger partial charge in [-0.3, -0.25) is 4.90 Å². The van der Waals surface area contributed by atoms with Gasteiger partial charge in [0.2, 0.25) is 0 Å². The molecule has 1 fully saturated rings. The fourth-order valence-electron chi connectivity index (χ4n) is 2.45. The Morgan fingerprint density at radius 2 is 2.32 bits per heavy atom. The van der Waals surface area contributed by atoms with Crippen LogP contribution in [0, 0.1) is 5.82 Å². The highest BCUT2D eigenvalue weighted by Crippen LogP contribution is 2.27. The molecule has 0 radical (unpaired) electrons. The number of aliphatic hydroxyl groups excluding tert-OH is 1. The molecule has 1 unspecified atom stereocenters. The van der Waals surface area contributed by atoms with E-state index in [1.165, 1.54) is 6.07 Å². The second-order valence-corrected chi connectivity index (χ2v) is 5.86. The molecule has 5 heteroatoms. The zero-order valence-corrected chi connectivity index (χ0v) is 12.6. The first-order valence-corrected chi connectivity index (χ1v) is 7.28. The maximum atomic E-state index is 13.9. The molecule has 1 aromatic rings. The molecule has 0 spiro atoms. The number of ether oxygens (including phenoxy) is 1. The molecule has 0 saturated carbocycles. The van der Waals surface area contributed by atoms with E-state index in [-0.39, 0.29) is 12.4 Å². The number of benzene rings is 1. The largest absolute Gasteiger partial charge is 0.394 e. The number of nitrogens with zero attached hydrogens (tertiary/aromatic N) is 1. The van der Waals surface area contributed by atoms with Crippen molar-refractivity contribution >= 4 is 15.9 Å². The summed E-state index contributed by atoms with van der Waals surface area (Å²) in [6, 6.07) is 5.10. The fraction of sp³-hybridized carbons (Fsp3) is 0.571. The van der Waals surface area contributed by atoms with Crippen LogP contribution in [0.1, 0.15) is 18.9 Å². The third-order valence-corrected chi connectivity index (χ3v) is 4.37. The van der Waals surface area contributed by atoms with E-state index < -0.39 is 5.54 Å². The summed E-state index contributed by atoms with van der Waals surface area (Å²) < 4.78 is 20.1. The van der Waals surface area contributed by atoms with E-state index in [4.69, 9.17) is 4.74 Å². The number of hydrogen-bond donors (Lipinski definition) is 1. The molecule has 1 saturated heterocycles. The Balaban J connectivity index is 2.19. The van der Waals surface area contributed by atoms with Crippen molar-refractivity contribution < 1.29 is 14.2 Å². The lowest BCUT2D eigenvalue weighted by Gasteiger charge is -2.45. The molecule has 2 rings (SSSR count). The highest BCUT2D eigenvalue weighted by Gasteiger charge is 2.37. The van der Waals surface area contributed by atoms with E-state index in [0.717, 1.165) is 10.9 Å². The molecule has 1 N–H and O–H groups in total. The maximum absolute atomic E-state index is 13.9. The van der Waals surface area contributed by atoms with Gasteiger partial charge in [0.05, 0.1) is 25.4 Å². The van der Waals surface area contributed by atoms with Crippen LogP contribution in [0.15, 0.2) is 22.7 Å². The predicted octanol–water partition coefficient (Wildman–Crippen LogP) is 2.56. The topological polar surface area (TPSA) is 32.7 Å². The highest BCUT2D eigenvalue weighted by atomic mass is 79.9. The van der Waals surface area contributed by atoms with Crippen molar-refractivity contribution in [1.29, 1.82) is 0 Å². The van der Waals surface area contributed by atoms with Crippen molar-refractivity contribution in [3.05, 3.63) is 34.1 Å². The van der Waals surface area contributed by atoms with Gasteiger partial charge in [0.25, 0.3) is 0 Å². The van der Waals surface area contributed by atoms with Crippen LogP contribution in [0.2, 0.25) is 0 Å². The zero-order chi connectivity index (χ0) is 13.9. The summed E-state index contributed by atoms with van der Waals surface area (Å²) in [5, 5.41) is 9.68. The second kappa shape index (κ2) is 6.31. The first-order valence-electron chi connectivity index (χ1n) is 6.49. The van der Waals surface area contributed by atoms with Crippen molar-refractivity contribution in [3.8, 4) is 0 Å². The summed E-state index contributed by atoms with van der Waals surface area (Å²) in [4.78, 5) is 2.13. The molecule has 0 amide bonds. The SMILES string of the molecule is CCC1(CO)COCCN1Cc1ccc(Br)cc1F. The van der Waals surface area contributed by atoms with Gasteiger partial charge in [-0.25, -0.2) is 4.39 Å². The second-order valence-electron chi connectivity index (χ2n) is 4.95. The molecule has 106 valence electrons. The number of hydrogen-bond acceptors (Lipinski definition) is 3. The summed E-state index contributed by atoms with van der Waals surface area (Å²) in [5.74, 6) is -0.219. The molecule has 0 aromatic heterocycles. The summed E-state index contributed by atoms with van der Waals surface area (Å²) >= 11 is 3.26. The van der Waals surface area contributed by atoms with E-state index >= 15 is 0 Å². The summed E-state index contributed by atoms with van der Waals surface area (Å²) in [6.45, 7) is 4.39. The third kappa shape index (κ3) is 3.16. The van der Waals surface area contributed by atoms with Gasteiger partial charge in [0.1, 0.15) is 5.82 Å². The summed E-state index contributed by atoms with van der Waals surface area (Å²) in [5.41, 5.74) is 0.258. The smallest absolute Gasteiger partial charge is 0.128 e. The van der Waals surface area contributed by atoms with Crippen molar-refractivity contribution in [1.82, 2.24) is 4.90 Å².